The van der Waals surface area contributed by atoms with Crippen LogP contribution in [0.15, 0.2) is 16.9 Å². The maximum absolute atomic E-state index is 13.1. The minimum atomic E-state index is -0.810. The van der Waals surface area contributed by atoms with Crippen molar-refractivity contribution >= 4 is 17.6 Å². The Balaban J connectivity index is 1.78. The Hall–Kier alpha value is -2.48. The Labute approximate surface area is 176 Å². The normalized spacial score (nSPS) is 23.9. The minimum Gasteiger partial charge on any atom is -0.368 e. The smallest absolute Gasteiger partial charge is 0.268 e. The van der Waals surface area contributed by atoms with Crippen molar-refractivity contribution in [3.05, 3.63) is 33.7 Å². The summed E-state index contributed by atoms with van der Waals surface area (Å²) >= 11 is 0. The zero-order chi connectivity index (χ0) is 21.9. The first-order valence-electron chi connectivity index (χ1n) is 10.7. The fourth-order valence-electron chi connectivity index (χ4n) is 4.54. The lowest BCUT2D eigenvalue weighted by Crippen LogP contribution is -2.54. The molecular formula is C22H31N3O5. The van der Waals surface area contributed by atoms with Crippen molar-refractivity contribution in [2.45, 2.75) is 77.5 Å². The molecule has 1 saturated heterocycles. The summed E-state index contributed by atoms with van der Waals surface area (Å²) in [6.07, 6.45) is 4.88. The first kappa shape index (κ1) is 22.2. The zero-order valence-corrected chi connectivity index (χ0v) is 17.9. The van der Waals surface area contributed by atoms with Crippen LogP contribution in [0.3, 0.4) is 0 Å². The first-order valence-corrected chi connectivity index (χ1v) is 10.7. The van der Waals surface area contributed by atoms with Crippen molar-refractivity contribution < 1.29 is 19.1 Å². The van der Waals surface area contributed by atoms with E-state index in [-0.39, 0.29) is 35.2 Å². The van der Waals surface area contributed by atoms with Gasteiger partial charge in [-0.05, 0) is 49.7 Å². The number of carbonyl (C=O) groups excluding carboxylic acids is 3. The number of amides is 2. The molecule has 30 heavy (non-hydrogen) atoms. The number of aromatic amines is 1. The molecule has 1 saturated carbocycles. The number of aryl methyl sites for hydroxylation is 1. The van der Waals surface area contributed by atoms with E-state index in [9.17, 15) is 19.2 Å². The Kier molecular flexibility index (Phi) is 6.75. The third-order valence-electron chi connectivity index (χ3n) is 6.22. The standard InChI is InChI=1S/C22H31N3O5/c1-4-17-19(16(26)12-30-17)25-21(29)15(11-22(3)7-5-6-8-22)24-20(28)14-9-13(2)10-18(27)23-14/h9-10,15,17,19H,4-8,11-12H2,1-3H3,(H,23,27)(H,24,28)(H,25,29)/t15?,17-,19?/m0/s1. The van der Waals surface area contributed by atoms with E-state index in [2.05, 4.69) is 22.5 Å². The van der Waals surface area contributed by atoms with Gasteiger partial charge in [-0.25, -0.2) is 0 Å². The number of hydrogen-bond donors (Lipinski definition) is 3. The first-order chi connectivity index (χ1) is 14.2. The third kappa shape index (κ3) is 5.16. The third-order valence-corrected chi connectivity index (χ3v) is 6.22. The van der Waals surface area contributed by atoms with E-state index in [4.69, 9.17) is 4.74 Å². The number of aromatic nitrogens is 1. The van der Waals surface area contributed by atoms with E-state index in [1.54, 1.807) is 13.0 Å². The lowest BCUT2D eigenvalue weighted by Gasteiger charge is -2.30. The zero-order valence-electron chi connectivity index (χ0n) is 17.9. The summed E-state index contributed by atoms with van der Waals surface area (Å²) in [6, 6.07) is 1.47. The van der Waals surface area contributed by atoms with Gasteiger partial charge < -0.3 is 20.4 Å². The molecule has 3 atom stereocenters. The summed E-state index contributed by atoms with van der Waals surface area (Å²) in [7, 11) is 0. The van der Waals surface area contributed by atoms with Gasteiger partial charge in [0, 0.05) is 6.07 Å². The van der Waals surface area contributed by atoms with Gasteiger partial charge in [-0.15, -0.1) is 0 Å². The van der Waals surface area contributed by atoms with Crippen LogP contribution in [0.5, 0.6) is 0 Å². The van der Waals surface area contributed by atoms with Gasteiger partial charge in [0.15, 0.2) is 5.78 Å². The van der Waals surface area contributed by atoms with Crippen LogP contribution < -0.4 is 16.2 Å². The van der Waals surface area contributed by atoms with Crippen molar-refractivity contribution in [2.24, 2.45) is 5.41 Å². The monoisotopic (exact) mass is 417 g/mol. The highest BCUT2D eigenvalue weighted by Gasteiger charge is 2.39. The predicted molar refractivity (Wildman–Crippen MR) is 111 cm³/mol. The summed E-state index contributed by atoms with van der Waals surface area (Å²) in [5, 5.41) is 5.59. The molecule has 2 amide bonds. The van der Waals surface area contributed by atoms with Crippen LogP contribution in [0, 0.1) is 12.3 Å². The number of nitrogens with one attached hydrogen (secondary N) is 3. The fraction of sp³-hybridized carbons (Fsp3) is 0.636. The summed E-state index contributed by atoms with van der Waals surface area (Å²) < 4.78 is 5.45. The molecule has 8 nitrogen and oxygen atoms in total. The molecule has 2 fully saturated rings. The molecule has 0 aromatic carbocycles. The molecule has 2 unspecified atom stereocenters. The Bertz CT molecular complexity index is 872. The van der Waals surface area contributed by atoms with Crippen LogP contribution in [0.2, 0.25) is 0 Å². The number of rotatable bonds is 7. The topological polar surface area (TPSA) is 117 Å². The van der Waals surface area contributed by atoms with Crippen LogP contribution in [0.1, 0.15) is 68.4 Å². The molecule has 2 aliphatic rings. The molecular weight excluding hydrogens is 386 g/mol. The van der Waals surface area contributed by atoms with Crippen LogP contribution in [0.25, 0.3) is 0 Å². The maximum Gasteiger partial charge on any atom is 0.268 e. The van der Waals surface area contributed by atoms with Gasteiger partial charge in [0.05, 0.1) is 6.10 Å². The Morgan fingerprint density at radius 1 is 1.27 bits per heavy atom. The van der Waals surface area contributed by atoms with E-state index >= 15 is 0 Å². The second-order valence-electron chi connectivity index (χ2n) is 8.89. The van der Waals surface area contributed by atoms with E-state index in [0.29, 0.717) is 18.4 Å². The lowest BCUT2D eigenvalue weighted by atomic mass is 9.81. The highest BCUT2D eigenvalue weighted by atomic mass is 16.5. The van der Waals surface area contributed by atoms with Gasteiger partial charge in [0.25, 0.3) is 5.91 Å². The molecule has 1 aromatic heterocycles. The predicted octanol–water partition coefficient (Wildman–Crippen LogP) is 1.61. The van der Waals surface area contributed by atoms with Gasteiger partial charge in [0.2, 0.25) is 11.5 Å². The van der Waals surface area contributed by atoms with Crippen molar-refractivity contribution in [3.63, 3.8) is 0 Å². The second kappa shape index (κ2) is 9.12. The minimum absolute atomic E-state index is 0.0112. The number of ketones is 1. The van der Waals surface area contributed by atoms with E-state index in [0.717, 1.165) is 25.7 Å². The highest BCUT2D eigenvalue weighted by molar-refractivity contribution is 5.98. The molecule has 1 aromatic rings. The van der Waals surface area contributed by atoms with Crippen molar-refractivity contribution in [1.29, 1.82) is 0 Å². The highest BCUT2D eigenvalue weighted by Crippen LogP contribution is 2.41. The quantitative estimate of drug-likeness (QED) is 0.623. The van der Waals surface area contributed by atoms with Crippen molar-refractivity contribution in [1.82, 2.24) is 15.6 Å². The van der Waals surface area contributed by atoms with Crippen LogP contribution >= 0.6 is 0 Å². The Morgan fingerprint density at radius 3 is 2.60 bits per heavy atom. The number of pyridine rings is 1. The number of carbonyl (C=O) groups is 3. The summed E-state index contributed by atoms with van der Waals surface area (Å²) in [5.74, 6) is -1.07. The fourth-order valence-corrected chi connectivity index (χ4v) is 4.54. The van der Waals surface area contributed by atoms with Crippen LogP contribution in [0.4, 0.5) is 0 Å². The summed E-state index contributed by atoms with van der Waals surface area (Å²) in [5.41, 5.74) is 0.340. The van der Waals surface area contributed by atoms with Crippen molar-refractivity contribution in [2.75, 3.05) is 6.61 Å². The van der Waals surface area contributed by atoms with Gasteiger partial charge in [0.1, 0.15) is 24.4 Å². The number of H-pyrrole nitrogens is 1. The van der Waals surface area contributed by atoms with Crippen molar-refractivity contribution in [3.8, 4) is 0 Å². The van der Waals surface area contributed by atoms with Crippen LogP contribution in [-0.2, 0) is 14.3 Å². The molecule has 1 aliphatic heterocycles. The summed E-state index contributed by atoms with van der Waals surface area (Å²) in [6.45, 7) is 5.74. The molecule has 8 heteroatoms. The van der Waals surface area contributed by atoms with Gasteiger partial charge in [-0.1, -0.05) is 26.7 Å². The van der Waals surface area contributed by atoms with Gasteiger partial charge >= 0.3 is 0 Å². The lowest BCUT2D eigenvalue weighted by molar-refractivity contribution is -0.128. The van der Waals surface area contributed by atoms with Gasteiger partial charge in [-0.3, -0.25) is 19.2 Å². The average Bonchev–Trinajstić information content (AvgIpc) is 3.26. The molecule has 0 spiro atoms. The Morgan fingerprint density at radius 2 is 1.97 bits per heavy atom. The number of hydrogen-bond acceptors (Lipinski definition) is 5. The number of ether oxygens (including phenoxy) is 1. The summed E-state index contributed by atoms with van der Waals surface area (Å²) in [4.78, 5) is 52.4. The second-order valence-corrected chi connectivity index (χ2v) is 8.89. The molecule has 164 valence electrons. The van der Waals surface area contributed by atoms with E-state index in [1.165, 1.54) is 6.07 Å². The molecule has 3 N–H and O–H groups in total. The molecule has 1 aliphatic carbocycles. The molecule has 2 heterocycles. The van der Waals surface area contributed by atoms with E-state index in [1.807, 2.05) is 6.92 Å². The van der Waals surface area contributed by atoms with Crippen LogP contribution in [-0.4, -0.2) is 47.4 Å². The molecule has 3 rings (SSSR count). The molecule has 0 radical (unpaired) electrons. The average molecular weight is 418 g/mol. The van der Waals surface area contributed by atoms with Gasteiger partial charge in [-0.2, -0.15) is 0 Å². The SMILES string of the molecule is CC[C@@H]1OCC(=O)C1NC(=O)C(CC1(C)CCCC1)NC(=O)c1cc(C)cc(=O)[nH]1. The van der Waals surface area contributed by atoms with E-state index < -0.39 is 23.9 Å². The maximum atomic E-state index is 13.1. The number of Topliss-reactive ketones (excluding diaryl/α,β-unsaturated/α-hetero) is 1. The largest absolute Gasteiger partial charge is 0.368 e. The molecule has 0 bridgehead atoms.